The molecular weight excluding hydrogens is 276 g/mol. The van der Waals surface area contributed by atoms with E-state index in [1.54, 1.807) is 12.1 Å². The van der Waals surface area contributed by atoms with E-state index in [0.29, 0.717) is 17.3 Å². The number of amides is 1. The van der Waals surface area contributed by atoms with Gasteiger partial charge < -0.3 is 10.4 Å². The number of hydrogen-bond donors (Lipinski definition) is 2. The van der Waals surface area contributed by atoms with Gasteiger partial charge in [0.05, 0.1) is 0 Å². The zero-order valence-corrected chi connectivity index (χ0v) is 13.1. The number of hydrogen-bond acceptors (Lipinski definition) is 3. The fourth-order valence-corrected chi connectivity index (χ4v) is 2.00. The normalized spacial score (nSPS) is 12.5. The van der Waals surface area contributed by atoms with E-state index >= 15 is 0 Å². The zero-order valence-electron chi connectivity index (χ0n) is 12.3. The second-order valence-electron chi connectivity index (χ2n) is 5.44. The van der Waals surface area contributed by atoms with Gasteiger partial charge in [-0.05, 0) is 36.8 Å². The van der Waals surface area contributed by atoms with Crippen molar-refractivity contribution in [2.75, 3.05) is 13.2 Å². The van der Waals surface area contributed by atoms with Crippen molar-refractivity contribution in [3.8, 4) is 0 Å². The van der Waals surface area contributed by atoms with E-state index in [-0.39, 0.29) is 24.3 Å². The van der Waals surface area contributed by atoms with Crippen molar-refractivity contribution in [1.82, 2.24) is 10.3 Å². The van der Waals surface area contributed by atoms with Gasteiger partial charge in [-0.1, -0.05) is 32.4 Å². The van der Waals surface area contributed by atoms with Crippen molar-refractivity contribution in [3.63, 3.8) is 0 Å². The van der Waals surface area contributed by atoms with Crippen LogP contribution in [0, 0.1) is 5.92 Å². The molecule has 1 aromatic rings. The summed E-state index contributed by atoms with van der Waals surface area (Å²) in [5.74, 6) is 0.369. The molecule has 0 saturated heterocycles. The Morgan fingerprint density at radius 2 is 2.10 bits per heavy atom. The van der Waals surface area contributed by atoms with E-state index in [1.807, 2.05) is 20.8 Å². The predicted molar refractivity (Wildman–Crippen MR) is 81.2 cm³/mol. The van der Waals surface area contributed by atoms with Crippen molar-refractivity contribution < 1.29 is 9.90 Å². The Morgan fingerprint density at radius 3 is 2.70 bits per heavy atom. The van der Waals surface area contributed by atoms with Gasteiger partial charge in [0.1, 0.15) is 5.15 Å². The summed E-state index contributed by atoms with van der Waals surface area (Å²) in [4.78, 5) is 16.2. The predicted octanol–water partition coefficient (Wildman–Crippen LogP) is 3.00. The molecule has 0 aromatic carbocycles. The smallest absolute Gasteiger partial charge is 0.251 e. The zero-order chi connectivity index (χ0) is 15.1. The first-order valence-corrected chi connectivity index (χ1v) is 7.38. The molecule has 1 unspecified atom stereocenters. The largest absolute Gasteiger partial charge is 0.396 e. The Balaban J connectivity index is 2.55. The quantitative estimate of drug-likeness (QED) is 0.601. The number of aliphatic hydroxyl groups excluding tert-OH is 1. The highest BCUT2D eigenvalue weighted by molar-refractivity contribution is 6.29. The average molecular weight is 299 g/mol. The van der Waals surface area contributed by atoms with Gasteiger partial charge in [0.15, 0.2) is 0 Å². The minimum absolute atomic E-state index is 0.132. The van der Waals surface area contributed by atoms with Crippen LogP contribution in [-0.4, -0.2) is 29.1 Å². The summed E-state index contributed by atoms with van der Waals surface area (Å²) >= 11 is 5.94. The van der Waals surface area contributed by atoms with E-state index in [1.165, 1.54) is 0 Å². The van der Waals surface area contributed by atoms with Crippen LogP contribution >= 0.6 is 11.6 Å². The van der Waals surface area contributed by atoms with Gasteiger partial charge in [0.25, 0.3) is 5.91 Å². The van der Waals surface area contributed by atoms with Crippen LogP contribution in [-0.2, 0) is 0 Å². The number of nitrogens with one attached hydrogen (secondary N) is 1. The van der Waals surface area contributed by atoms with Crippen LogP contribution in [0.4, 0.5) is 0 Å². The summed E-state index contributed by atoms with van der Waals surface area (Å²) in [6.07, 6.45) is 1.74. The van der Waals surface area contributed by atoms with Gasteiger partial charge in [-0.2, -0.15) is 0 Å². The molecule has 0 radical (unpaired) electrons. The van der Waals surface area contributed by atoms with Crippen LogP contribution < -0.4 is 5.32 Å². The summed E-state index contributed by atoms with van der Waals surface area (Å²) < 4.78 is 0. The minimum atomic E-state index is -0.132. The van der Waals surface area contributed by atoms with E-state index in [4.69, 9.17) is 16.7 Å². The maximum absolute atomic E-state index is 12.0. The van der Waals surface area contributed by atoms with Crippen LogP contribution in [0.2, 0.25) is 5.15 Å². The van der Waals surface area contributed by atoms with Gasteiger partial charge in [-0.3, -0.25) is 4.79 Å². The number of carbonyl (C=O) groups is 1. The van der Waals surface area contributed by atoms with Crippen molar-refractivity contribution in [1.29, 1.82) is 0 Å². The third kappa shape index (κ3) is 5.47. The third-order valence-corrected chi connectivity index (χ3v) is 3.33. The number of nitrogens with zero attached hydrogens (tertiary/aromatic N) is 1. The molecule has 2 N–H and O–H groups in total. The minimum Gasteiger partial charge on any atom is -0.396 e. The molecule has 1 atom stereocenters. The highest BCUT2D eigenvalue weighted by Crippen LogP contribution is 2.17. The Morgan fingerprint density at radius 1 is 1.40 bits per heavy atom. The average Bonchev–Trinajstić information content (AvgIpc) is 2.42. The van der Waals surface area contributed by atoms with E-state index in [2.05, 4.69) is 10.3 Å². The lowest BCUT2D eigenvalue weighted by Gasteiger charge is -2.10. The number of pyridine rings is 1. The lowest BCUT2D eigenvalue weighted by atomic mass is 10.1. The van der Waals surface area contributed by atoms with Gasteiger partial charge in [0, 0.05) is 24.4 Å². The number of aliphatic hydroxyl groups is 1. The van der Waals surface area contributed by atoms with E-state index in [9.17, 15) is 4.79 Å². The Labute approximate surface area is 125 Å². The number of halogens is 1. The Kier molecular flexibility index (Phi) is 6.96. The second kappa shape index (κ2) is 8.22. The Bertz CT molecular complexity index is 449. The van der Waals surface area contributed by atoms with E-state index in [0.717, 1.165) is 18.5 Å². The lowest BCUT2D eigenvalue weighted by molar-refractivity contribution is 0.0952. The second-order valence-corrected chi connectivity index (χ2v) is 5.83. The molecule has 0 aliphatic heterocycles. The molecule has 20 heavy (non-hydrogen) atoms. The summed E-state index contributed by atoms with van der Waals surface area (Å²) in [7, 11) is 0. The van der Waals surface area contributed by atoms with Gasteiger partial charge >= 0.3 is 0 Å². The van der Waals surface area contributed by atoms with Crippen LogP contribution in [0.3, 0.4) is 0 Å². The SMILES string of the molecule is CC(CO)CCCNC(=O)c1cc(Cl)nc(C(C)C)c1. The molecule has 5 heteroatoms. The molecule has 0 spiro atoms. The highest BCUT2D eigenvalue weighted by atomic mass is 35.5. The molecule has 1 rings (SSSR count). The standard InChI is InChI=1S/C15H23ClN2O2/c1-10(2)13-7-12(8-14(16)18-13)15(20)17-6-4-5-11(3)9-19/h7-8,10-11,19H,4-6,9H2,1-3H3,(H,17,20). The lowest BCUT2D eigenvalue weighted by Crippen LogP contribution is -2.25. The molecule has 4 nitrogen and oxygen atoms in total. The molecule has 112 valence electrons. The molecule has 1 amide bonds. The summed E-state index contributed by atoms with van der Waals surface area (Å²) in [5.41, 5.74) is 1.36. The highest BCUT2D eigenvalue weighted by Gasteiger charge is 2.11. The van der Waals surface area contributed by atoms with Crippen molar-refractivity contribution >= 4 is 17.5 Å². The number of aromatic nitrogens is 1. The van der Waals surface area contributed by atoms with Crippen molar-refractivity contribution in [2.45, 2.75) is 39.5 Å². The molecule has 0 aliphatic carbocycles. The third-order valence-electron chi connectivity index (χ3n) is 3.14. The maximum atomic E-state index is 12.0. The Hall–Kier alpha value is -1.13. The maximum Gasteiger partial charge on any atom is 0.251 e. The van der Waals surface area contributed by atoms with Crippen molar-refractivity contribution in [2.24, 2.45) is 5.92 Å². The first kappa shape index (κ1) is 16.9. The van der Waals surface area contributed by atoms with Crippen LogP contribution in [0.5, 0.6) is 0 Å². The molecule has 0 saturated carbocycles. The van der Waals surface area contributed by atoms with Crippen LogP contribution in [0.25, 0.3) is 0 Å². The molecule has 0 aliphatic rings. The molecule has 0 fully saturated rings. The van der Waals surface area contributed by atoms with Crippen molar-refractivity contribution in [3.05, 3.63) is 28.5 Å². The first-order valence-electron chi connectivity index (χ1n) is 7.00. The topological polar surface area (TPSA) is 62.2 Å². The van der Waals surface area contributed by atoms with Gasteiger partial charge in [-0.15, -0.1) is 0 Å². The fraction of sp³-hybridized carbons (Fsp3) is 0.600. The molecule has 1 aromatic heterocycles. The van der Waals surface area contributed by atoms with Gasteiger partial charge in [0.2, 0.25) is 0 Å². The number of rotatable bonds is 7. The van der Waals surface area contributed by atoms with E-state index < -0.39 is 0 Å². The monoisotopic (exact) mass is 298 g/mol. The summed E-state index contributed by atoms with van der Waals surface area (Å²) in [5, 5.41) is 12.1. The molecule has 0 bridgehead atoms. The number of carbonyl (C=O) groups excluding carboxylic acids is 1. The van der Waals surface area contributed by atoms with Crippen LogP contribution in [0.1, 0.15) is 55.6 Å². The summed E-state index contributed by atoms with van der Waals surface area (Å²) in [6.45, 7) is 6.79. The molecule has 1 heterocycles. The van der Waals surface area contributed by atoms with Crippen LogP contribution in [0.15, 0.2) is 12.1 Å². The van der Waals surface area contributed by atoms with Gasteiger partial charge in [-0.25, -0.2) is 4.98 Å². The molecular formula is C15H23ClN2O2. The first-order chi connectivity index (χ1) is 9.43. The summed E-state index contributed by atoms with van der Waals surface area (Å²) in [6, 6.07) is 3.36. The fourth-order valence-electron chi connectivity index (χ4n) is 1.79.